The number of aromatic nitrogens is 2. The van der Waals surface area contributed by atoms with Gasteiger partial charge in [0.15, 0.2) is 11.5 Å². The number of anilines is 1. The molecule has 3 heterocycles. The maximum atomic E-state index is 12.9. The van der Waals surface area contributed by atoms with Gasteiger partial charge < -0.3 is 14.4 Å². The molecule has 8 nitrogen and oxygen atoms in total. The van der Waals surface area contributed by atoms with E-state index < -0.39 is 21.9 Å². The summed E-state index contributed by atoms with van der Waals surface area (Å²) in [6.45, 7) is 1.38. The number of halogens is 3. The van der Waals surface area contributed by atoms with Crippen molar-refractivity contribution in [3.8, 4) is 11.5 Å². The average Bonchev–Trinajstić information content (AvgIpc) is 2.73. The molecule has 2 aromatic rings. The third-order valence-electron chi connectivity index (χ3n) is 4.66. The smallest absolute Gasteiger partial charge is 0.433 e. The first kappa shape index (κ1) is 19.7. The van der Waals surface area contributed by atoms with Gasteiger partial charge in [-0.2, -0.15) is 17.5 Å². The molecule has 0 atom stereocenters. The van der Waals surface area contributed by atoms with Crippen LogP contribution in [0.25, 0.3) is 0 Å². The normalized spacial score (nSPS) is 18.0. The molecule has 0 unspecified atom stereocenters. The van der Waals surface area contributed by atoms with E-state index in [9.17, 15) is 21.6 Å². The van der Waals surface area contributed by atoms with Gasteiger partial charge in [0.1, 0.15) is 31.1 Å². The highest BCUT2D eigenvalue weighted by Crippen LogP contribution is 2.34. The van der Waals surface area contributed by atoms with Gasteiger partial charge in [-0.3, -0.25) is 0 Å². The van der Waals surface area contributed by atoms with Crippen molar-refractivity contribution in [2.45, 2.75) is 11.1 Å². The number of hydrogen-bond acceptors (Lipinski definition) is 7. The lowest BCUT2D eigenvalue weighted by atomic mass is 10.3. The molecule has 2 aliphatic heterocycles. The van der Waals surface area contributed by atoms with Gasteiger partial charge in [-0.15, -0.1) is 0 Å². The van der Waals surface area contributed by atoms with Gasteiger partial charge in [-0.05, 0) is 12.1 Å². The minimum absolute atomic E-state index is 0.0802. The first-order chi connectivity index (χ1) is 13.7. The molecular weight excluding hydrogens is 413 g/mol. The summed E-state index contributed by atoms with van der Waals surface area (Å²) in [6.07, 6.45) is -3.71. The molecule has 0 amide bonds. The Balaban J connectivity index is 1.48. The van der Waals surface area contributed by atoms with E-state index in [0.29, 0.717) is 24.7 Å². The summed E-state index contributed by atoms with van der Waals surface area (Å²) in [7, 11) is -3.77. The van der Waals surface area contributed by atoms with Crippen LogP contribution < -0.4 is 14.4 Å². The van der Waals surface area contributed by atoms with Crippen LogP contribution in [-0.4, -0.2) is 62.1 Å². The van der Waals surface area contributed by atoms with Crippen LogP contribution in [0, 0.1) is 0 Å². The van der Waals surface area contributed by atoms with E-state index in [1.165, 1.54) is 16.4 Å². The Morgan fingerprint density at radius 2 is 1.62 bits per heavy atom. The number of hydrogen-bond donors (Lipinski definition) is 0. The Morgan fingerprint density at radius 1 is 0.931 bits per heavy atom. The SMILES string of the molecule is O=S(=O)(c1ccc2c(c1)OCCO2)N1CCN(c2cc(C(F)(F)F)ncn2)CC1. The Hall–Kier alpha value is -2.60. The highest BCUT2D eigenvalue weighted by molar-refractivity contribution is 7.89. The van der Waals surface area contributed by atoms with Crippen molar-refractivity contribution in [2.24, 2.45) is 0 Å². The monoisotopic (exact) mass is 430 g/mol. The first-order valence-electron chi connectivity index (χ1n) is 8.79. The minimum Gasteiger partial charge on any atom is -0.486 e. The van der Waals surface area contributed by atoms with Crippen LogP contribution in [0.4, 0.5) is 19.0 Å². The topological polar surface area (TPSA) is 84.9 Å². The maximum Gasteiger partial charge on any atom is 0.433 e. The summed E-state index contributed by atoms with van der Waals surface area (Å²) < 4.78 is 76.5. The highest BCUT2D eigenvalue weighted by atomic mass is 32.2. The van der Waals surface area contributed by atoms with Gasteiger partial charge in [0.05, 0.1) is 4.90 Å². The second-order valence-corrected chi connectivity index (χ2v) is 8.39. The Morgan fingerprint density at radius 3 is 2.31 bits per heavy atom. The molecule has 156 valence electrons. The molecule has 29 heavy (non-hydrogen) atoms. The van der Waals surface area contributed by atoms with Gasteiger partial charge in [0, 0.05) is 38.3 Å². The van der Waals surface area contributed by atoms with Crippen molar-refractivity contribution >= 4 is 15.8 Å². The number of nitrogens with zero attached hydrogens (tertiary/aromatic N) is 4. The van der Waals surface area contributed by atoms with Gasteiger partial charge >= 0.3 is 6.18 Å². The van der Waals surface area contributed by atoms with E-state index >= 15 is 0 Å². The van der Waals surface area contributed by atoms with Crippen molar-refractivity contribution in [3.05, 3.63) is 36.3 Å². The van der Waals surface area contributed by atoms with Crippen molar-refractivity contribution < 1.29 is 31.1 Å². The number of rotatable bonds is 3. The second-order valence-electron chi connectivity index (χ2n) is 6.46. The first-order valence-corrected chi connectivity index (χ1v) is 10.2. The quantitative estimate of drug-likeness (QED) is 0.734. The van der Waals surface area contributed by atoms with Crippen LogP contribution in [0.2, 0.25) is 0 Å². The summed E-state index contributed by atoms with van der Waals surface area (Å²) in [5.41, 5.74) is -1.03. The molecule has 1 aromatic heterocycles. The fourth-order valence-corrected chi connectivity index (χ4v) is 4.60. The van der Waals surface area contributed by atoms with E-state index in [1.807, 2.05) is 0 Å². The summed E-state index contributed by atoms with van der Waals surface area (Å²) in [6, 6.07) is 5.30. The van der Waals surface area contributed by atoms with Gasteiger partial charge in [-0.25, -0.2) is 18.4 Å². The molecule has 12 heteroatoms. The number of ether oxygens (including phenoxy) is 2. The predicted octanol–water partition coefficient (Wildman–Crippen LogP) is 1.78. The van der Waals surface area contributed by atoms with E-state index in [4.69, 9.17) is 9.47 Å². The molecule has 0 aliphatic carbocycles. The Bertz CT molecular complexity index is 1010. The fourth-order valence-electron chi connectivity index (χ4n) is 3.17. The number of sulfonamides is 1. The van der Waals surface area contributed by atoms with Gasteiger partial charge in [-0.1, -0.05) is 0 Å². The van der Waals surface area contributed by atoms with Crippen LogP contribution in [0.15, 0.2) is 35.5 Å². The van der Waals surface area contributed by atoms with Crippen molar-refractivity contribution in [1.29, 1.82) is 0 Å². The molecule has 0 spiro atoms. The van der Waals surface area contributed by atoms with Crippen LogP contribution in [-0.2, 0) is 16.2 Å². The number of alkyl halides is 3. The predicted molar refractivity (Wildman–Crippen MR) is 95.4 cm³/mol. The third-order valence-corrected chi connectivity index (χ3v) is 6.55. The molecule has 1 aromatic carbocycles. The van der Waals surface area contributed by atoms with Crippen LogP contribution >= 0.6 is 0 Å². The molecule has 1 saturated heterocycles. The van der Waals surface area contributed by atoms with E-state index in [0.717, 1.165) is 12.4 Å². The zero-order valence-electron chi connectivity index (χ0n) is 15.1. The Labute approximate surface area is 164 Å². The van der Waals surface area contributed by atoms with E-state index in [1.54, 1.807) is 11.0 Å². The van der Waals surface area contributed by atoms with Gasteiger partial charge in [0.2, 0.25) is 10.0 Å². The van der Waals surface area contributed by atoms with Crippen LogP contribution in [0.1, 0.15) is 5.69 Å². The van der Waals surface area contributed by atoms with E-state index in [2.05, 4.69) is 9.97 Å². The standard InChI is InChI=1S/C17H17F3N4O4S/c18-17(19,20)15-10-16(22-11-21-15)23-3-5-24(6-4-23)29(25,26)12-1-2-13-14(9-12)28-8-7-27-13/h1-2,9-11H,3-8H2. The lowest BCUT2D eigenvalue weighted by Gasteiger charge is -2.34. The average molecular weight is 430 g/mol. The highest BCUT2D eigenvalue weighted by Gasteiger charge is 2.34. The summed E-state index contributed by atoms with van der Waals surface area (Å²) in [5.74, 6) is 0.976. The van der Waals surface area contributed by atoms with Crippen molar-refractivity contribution in [1.82, 2.24) is 14.3 Å². The van der Waals surface area contributed by atoms with Crippen molar-refractivity contribution in [3.63, 3.8) is 0 Å². The maximum absolute atomic E-state index is 12.9. The molecule has 1 fully saturated rings. The lowest BCUT2D eigenvalue weighted by molar-refractivity contribution is -0.141. The fraction of sp³-hybridized carbons (Fsp3) is 0.412. The molecule has 0 bridgehead atoms. The Kier molecular flexibility index (Phi) is 4.99. The summed E-state index contributed by atoms with van der Waals surface area (Å²) >= 11 is 0. The van der Waals surface area contributed by atoms with Crippen LogP contribution in [0.3, 0.4) is 0 Å². The number of piperazine rings is 1. The third kappa shape index (κ3) is 3.94. The molecule has 4 rings (SSSR count). The number of fused-ring (bicyclic) bond motifs is 1. The number of benzene rings is 1. The summed E-state index contributed by atoms with van der Waals surface area (Å²) in [5, 5.41) is 0. The zero-order valence-corrected chi connectivity index (χ0v) is 15.9. The second kappa shape index (κ2) is 7.34. The summed E-state index contributed by atoms with van der Waals surface area (Å²) in [4.78, 5) is 8.81. The molecule has 0 saturated carbocycles. The molecular formula is C17H17F3N4O4S. The zero-order chi connectivity index (χ0) is 20.6. The molecule has 0 N–H and O–H groups in total. The van der Waals surface area contributed by atoms with Crippen LogP contribution in [0.5, 0.6) is 11.5 Å². The van der Waals surface area contributed by atoms with Gasteiger partial charge in [0.25, 0.3) is 0 Å². The lowest BCUT2D eigenvalue weighted by Crippen LogP contribution is -2.49. The van der Waals surface area contributed by atoms with E-state index in [-0.39, 0.29) is 36.9 Å². The molecule has 0 radical (unpaired) electrons. The largest absolute Gasteiger partial charge is 0.486 e. The van der Waals surface area contributed by atoms with Crippen molar-refractivity contribution in [2.75, 3.05) is 44.3 Å². The minimum atomic E-state index is -4.57. The molecule has 2 aliphatic rings.